The fourth-order valence-corrected chi connectivity index (χ4v) is 0.961. The molecule has 0 aromatic heterocycles. The Kier molecular flexibility index (Phi) is 8.54. The van der Waals surface area contributed by atoms with Crippen LogP contribution < -0.4 is 0 Å². The molecule has 0 aromatic carbocycles. The summed E-state index contributed by atoms with van der Waals surface area (Å²) in [6, 6.07) is 2.45. The summed E-state index contributed by atoms with van der Waals surface area (Å²) in [5.74, 6) is 0. The zero-order chi connectivity index (χ0) is 10.8. The molecule has 0 spiro atoms. The maximum atomic E-state index is 8.50. The van der Waals surface area contributed by atoms with E-state index < -0.39 is 0 Å². The second-order valence-electron chi connectivity index (χ2n) is 3.30. The van der Waals surface area contributed by atoms with Crippen LogP contribution in [-0.2, 0) is 9.47 Å². The Morgan fingerprint density at radius 2 is 2.07 bits per heavy atom. The van der Waals surface area contributed by atoms with Crippen LogP contribution in [0.2, 0.25) is 0 Å². The van der Waals surface area contributed by atoms with Crippen molar-refractivity contribution in [3.8, 4) is 6.07 Å². The average Bonchev–Trinajstić information content (AvgIpc) is 2.17. The highest BCUT2D eigenvalue weighted by molar-refractivity contribution is 4.78. The van der Waals surface area contributed by atoms with E-state index in [4.69, 9.17) is 14.7 Å². The van der Waals surface area contributed by atoms with Gasteiger partial charge in [0.05, 0.1) is 32.3 Å². The maximum Gasteiger partial charge on any atom is 0.0700 e. The highest BCUT2D eigenvalue weighted by atomic mass is 16.5. The minimum Gasteiger partial charge on any atom is -0.382 e. The van der Waals surface area contributed by atoms with Crippen molar-refractivity contribution in [1.82, 2.24) is 4.90 Å². The zero-order valence-corrected chi connectivity index (χ0v) is 9.32. The number of hydrogen-bond acceptors (Lipinski definition) is 4. The van der Waals surface area contributed by atoms with Gasteiger partial charge in [-0.2, -0.15) is 5.26 Å². The van der Waals surface area contributed by atoms with Gasteiger partial charge in [0.2, 0.25) is 0 Å². The molecule has 0 saturated carbocycles. The number of methoxy groups -OCH3 is 1. The van der Waals surface area contributed by atoms with E-state index in [1.165, 1.54) is 0 Å². The van der Waals surface area contributed by atoms with Crippen LogP contribution >= 0.6 is 0 Å². The molecule has 0 rings (SSSR count). The number of ether oxygens (including phenoxy) is 2. The lowest BCUT2D eigenvalue weighted by Gasteiger charge is -2.22. The van der Waals surface area contributed by atoms with Crippen LogP contribution in [0.5, 0.6) is 0 Å². The van der Waals surface area contributed by atoms with Crippen LogP contribution in [0.4, 0.5) is 0 Å². The number of rotatable bonds is 8. The normalized spacial score (nSPS) is 12.8. The molecule has 0 saturated heterocycles. The summed E-state index contributed by atoms with van der Waals surface area (Å²) >= 11 is 0. The van der Waals surface area contributed by atoms with Crippen LogP contribution in [0.25, 0.3) is 0 Å². The number of likely N-dealkylation sites (N-methyl/N-ethyl adjacent to an activating group) is 1. The summed E-state index contributed by atoms with van der Waals surface area (Å²) in [7, 11) is 3.66. The summed E-state index contributed by atoms with van der Waals surface area (Å²) in [5, 5.41) is 8.50. The topological polar surface area (TPSA) is 45.5 Å². The van der Waals surface area contributed by atoms with Crippen molar-refractivity contribution in [2.24, 2.45) is 0 Å². The van der Waals surface area contributed by atoms with Gasteiger partial charge in [0, 0.05) is 19.7 Å². The van der Waals surface area contributed by atoms with Crippen molar-refractivity contribution >= 4 is 0 Å². The molecule has 1 unspecified atom stereocenters. The fraction of sp³-hybridized carbons (Fsp3) is 0.900. The molecule has 0 amide bonds. The third-order valence-corrected chi connectivity index (χ3v) is 2.16. The summed E-state index contributed by atoms with van der Waals surface area (Å²) in [6.07, 6.45) is 0.564. The van der Waals surface area contributed by atoms with Gasteiger partial charge < -0.3 is 14.4 Å². The van der Waals surface area contributed by atoms with Gasteiger partial charge in [-0.15, -0.1) is 0 Å². The Labute approximate surface area is 86.4 Å². The van der Waals surface area contributed by atoms with E-state index in [1.54, 1.807) is 7.11 Å². The van der Waals surface area contributed by atoms with Gasteiger partial charge in [0.1, 0.15) is 0 Å². The lowest BCUT2D eigenvalue weighted by Crippen LogP contribution is -2.32. The summed E-state index contributed by atoms with van der Waals surface area (Å²) < 4.78 is 10.2. The molecule has 0 fully saturated rings. The summed E-state index contributed by atoms with van der Waals surface area (Å²) in [4.78, 5) is 2.12. The third-order valence-electron chi connectivity index (χ3n) is 2.16. The standard InChI is InChI=1S/C10H20N2O2/c1-10(4-5-11)12(2)6-7-14-9-8-13-3/h10H,4,6-9H2,1-3H3. The fourth-order valence-electron chi connectivity index (χ4n) is 0.961. The molecule has 14 heavy (non-hydrogen) atoms. The van der Waals surface area contributed by atoms with Gasteiger partial charge in [-0.3, -0.25) is 0 Å². The van der Waals surface area contributed by atoms with Crippen LogP contribution in [0.1, 0.15) is 13.3 Å². The molecule has 0 N–H and O–H groups in total. The zero-order valence-electron chi connectivity index (χ0n) is 9.32. The molecule has 82 valence electrons. The predicted octanol–water partition coefficient (Wildman–Crippen LogP) is 0.883. The highest BCUT2D eigenvalue weighted by Crippen LogP contribution is 1.98. The largest absolute Gasteiger partial charge is 0.382 e. The molecular weight excluding hydrogens is 180 g/mol. The minimum absolute atomic E-state index is 0.297. The molecule has 0 aliphatic heterocycles. The first kappa shape index (κ1) is 13.4. The van der Waals surface area contributed by atoms with Gasteiger partial charge in [-0.25, -0.2) is 0 Å². The van der Waals surface area contributed by atoms with E-state index in [2.05, 4.69) is 11.0 Å². The molecule has 0 aliphatic rings. The molecule has 1 atom stereocenters. The lowest BCUT2D eigenvalue weighted by molar-refractivity contribution is 0.0562. The van der Waals surface area contributed by atoms with Crippen molar-refractivity contribution in [3.63, 3.8) is 0 Å². The van der Waals surface area contributed by atoms with Gasteiger partial charge in [0.25, 0.3) is 0 Å². The Bertz CT molecular complexity index is 168. The van der Waals surface area contributed by atoms with Crippen LogP contribution in [0.15, 0.2) is 0 Å². The molecule has 0 aromatic rings. The average molecular weight is 200 g/mol. The number of nitrogens with zero attached hydrogens (tertiary/aromatic N) is 2. The second-order valence-corrected chi connectivity index (χ2v) is 3.30. The molecular formula is C10H20N2O2. The van der Waals surface area contributed by atoms with E-state index in [0.29, 0.717) is 32.3 Å². The van der Waals surface area contributed by atoms with Crippen LogP contribution in [0, 0.1) is 11.3 Å². The van der Waals surface area contributed by atoms with Crippen molar-refractivity contribution in [2.75, 3.05) is 40.5 Å². The number of hydrogen-bond donors (Lipinski definition) is 0. The molecule has 0 aliphatic carbocycles. The smallest absolute Gasteiger partial charge is 0.0700 e. The summed E-state index contributed by atoms with van der Waals surface area (Å²) in [6.45, 7) is 4.86. The van der Waals surface area contributed by atoms with E-state index in [9.17, 15) is 0 Å². The quantitative estimate of drug-likeness (QED) is 0.546. The lowest BCUT2D eigenvalue weighted by atomic mass is 10.2. The first-order valence-corrected chi connectivity index (χ1v) is 4.86. The van der Waals surface area contributed by atoms with Gasteiger partial charge in [-0.05, 0) is 14.0 Å². The Morgan fingerprint density at radius 1 is 1.36 bits per heavy atom. The Morgan fingerprint density at radius 3 is 2.64 bits per heavy atom. The van der Waals surface area contributed by atoms with E-state index in [1.807, 2.05) is 14.0 Å². The van der Waals surface area contributed by atoms with Crippen molar-refractivity contribution in [2.45, 2.75) is 19.4 Å². The van der Waals surface area contributed by atoms with E-state index >= 15 is 0 Å². The molecule has 0 radical (unpaired) electrons. The van der Waals surface area contributed by atoms with E-state index in [-0.39, 0.29) is 0 Å². The Hall–Kier alpha value is -0.630. The molecule has 0 bridgehead atoms. The summed E-state index contributed by atoms with van der Waals surface area (Å²) in [5.41, 5.74) is 0. The first-order valence-electron chi connectivity index (χ1n) is 4.86. The molecule has 4 heteroatoms. The van der Waals surface area contributed by atoms with Crippen molar-refractivity contribution in [3.05, 3.63) is 0 Å². The second kappa shape index (κ2) is 8.95. The monoisotopic (exact) mass is 200 g/mol. The van der Waals surface area contributed by atoms with Gasteiger partial charge in [0.15, 0.2) is 0 Å². The predicted molar refractivity (Wildman–Crippen MR) is 55.0 cm³/mol. The third kappa shape index (κ3) is 6.84. The minimum atomic E-state index is 0.297. The maximum absolute atomic E-state index is 8.50. The van der Waals surface area contributed by atoms with Gasteiger partial charge >= 0.3 is 0 Å². The highest BCUT2D eigenvalue weighted by Gasteiger charge is 2.07. The number of nitriles is 1. The SMILES string of the molecule is COCCOCCN(C)C(C)CC#N. The van der Waals surface area contributed by atoms with Crippen molar-refractivity contribution in [1.29, 1.82) is 5.26 Å². The Balaban J connectivity index is 3.35. The molecule has 4 nitrogen and oxygen atoms in total. The van der Waals surface area contributed by atoms with Crippen LogP contribution in [0.3, 0.4) is 0 Å². The van der Waals surface area contributed by atoms with Crippen LogP contribution in [-0.4, -0.2) is 51.5 Å². The van der Waals surface area contributed by atoms with E-state index in [0.717, 1.165) is 6.54 Å². The van der Waals surface area contributed by atoms with Crippen molar-refractivity contribution < 1.29 is 9.47 Å². The first-order chi connectivity index (χ1) is 6.72. The van der Waals surface area contributed by atoms with Gasteiger partial charge in [-0.1, -0.05) is 0 Å². The molecule has 0 heterocycles.